The second-order valence-electron chi connectivity index (χ2n) is 4.09. The maximum Gasteiger partial charge on any atom is 0.137 e. The predicted molar refractivity (Wildman–Crippen MR) is 46.7 cm³/mol. The number of hydrogen-bond donors (Lipinski definition) is 0. The Kier molecular flexibility index (Phi) is 2.65. The van der Waals surface area contributed by atoms with Gasteiger partial charge in [-0.3, -0.25) is 9.59 Å². The van der Waals surface area contributed by atoms with E-state index in [-0.39, 0.29) is 23.4 Å². The van der Waals surface area contributed by atoms with Gasteiger partial charge in [0.2, 0.25) is 0 Å². The molecule has 1 fully saturated rings. The van der Waals surface area contributed by atoms with Gasteiger partial charge in [-0.15, -0.1) is 0 Å². The molecule has 0 heterocycles. The Morgan fingerprint density at radius 2 is 1.75 bits per heavy atom. The van der Waals surface area contributed by atoms with Gasteiger partial charge >= 0.3 is 0 Å². The van der Waals surface area contributed by atoms with Gasteiger partial charge in [-0.1, -0.05) is 20.8 Å². The summed E-state index contributed by atoms with van der Waals surface area (Å²) in [6, 6.07) is 0. The van der Waals surface area contributed by atoms with Crippen molar-refractivity contribution in [2.24, 2.45) is 17.8 Å². The normalized spacial score (nSPS) is 31.3. The van der Waals surface area contributed by atoms with Crippen molar-refractivity contribution < 1.29 is 9.59 Å². The molecule has 12 heavy (non-hydrogen) atoms. The van der Waals surface area contributed by atoms with Crippen molar-refractivity contribution in [3.05, 3.63) is 0 Å². The minimum atomic E-state index is -0.0347. The topological polar surface area (TPSA) is 34.1 Å². The molecule has 2 nitrogen and oxygen atoms in total. The molecule has 1 rings (SSSR count). The summed E-state index contributed by atoms with van der Waals surface area (Å²) in [5.41, 5.74) is 0. The first-order chi connectivity index (χ1) is 5.52. The lowest BCUT2D eigenvalue weighted by atomic mass is 9.76. The van der Waals surface area contributed by atoms with E-state index in [0.29, 0.717) is 18.8 Å². The van der Waals surface area contributed by atoms with Crippen molar-refractivity contribution >= 4 is 11.6 Å². The van der Waals surface area contributed by atoms with E-state index >= 15 is 0 Å². The average Bonchev–Trinajstić information content (AvgIpc) is 1.96. The Hall–Kier alpha value is -0.660. The van der Waals surface area contributed by atoms with E-state index in [1.165, 1.54) is 0 Å². The number of carbonyl (C=O) groups is 2. The molecule has 0 N–H and O–H groups in total. The van der Waals surface area contributed by atoms with E-state index in [1.54, 1.807) is 0 Å². The van der Waals surface area contributed by atoms with Crippen molar-refractivity contribution in [1.29, 1.82) is 0 Å². The van der Waals surface area contributed by atoms with Gasteiger partial charge in [0.25, 0.3) is 0 Å². The maximum atomic E-state index is 11.4. The van der Waals surface area contributed by atoms with Crippen molar-refractivity contribution in [3.63, 3.8) is 0 Å². The van der Waals surface area contributed by atoms with Gasteiger partial charge in [-0.25, -0.2) is 0 Å². The molecule has 0 saturated heterocycles. The average molecular weight is 168 g/mol. The van der Waals surface area contributed by atoms with Gasteiger partial charge in [-0.2, -0.15) is 0 Å². The van der Waals surface area contributed by atoms with E-state index in [1.807, 2.05) is 20.8 Å². The summed E-state index contributed by atoms with van der Waals surface area (Å²) in [5.74, 6) is 0.806. The summed E-state index contributed by atoms with van der Waals surface area (Å²) >= 11 is 0. The van der Waals surface area contributed by atoms with Gasteiger partial charge in [0.15, 0.2) is 0 Å². The molecule has 0 amide bonds. The van der Waals surface area contributed by atoms with Gasteiger partial charge in [0, 0.05) is 24.7 Å². The molecule has 0 aromatic carbocycles. The molecule has 0 radical (unpaired) electrons. The molecule has 2 atom stereocenters. The maximum absolute atomic E-state index is 11.4. The van der Waals surface area contributed by atoms with Crippen LogP contribution in [0.5, 0.6) is 0 Å². The third-order valence-electron chi connectivity index (χ3n) is 2.70. The predicted octanol–water partition coefficient (Wildman–Crippen LogP) is 1.83. The minimum absolute atomic E-state index is 0.00583. The molecule has 0 spiro atoms. The SMILES string of the molecule is CC1CC(=O)C(C(C)C)CC1=O. The number of ketones is 2. The minimum Gasteiger partial charge on any atom is -0.299 e. The lowest BCUT2D eigenvalue weighted by Crippen LogP contribution is -2.33. The first kappa shape index (κ1) is 9.43. The zero-order valence-corrected chi connectivity index (χ0v) is 7.96. The van der Waals surface area contributed by atoms with Gasteiger partial charge < -0.3 is 0 Å². The molecule has 2 heteroatoms. The highest BCUT2D eigenvalue weighted by Crippen LogP contribution is 2.27. The first-order valence-electron chi connectivity index (χ1n) is 4.57. The van der Waals surface area contributed by atoms with E-state index in [0.717, 1.165) is 0 Å². The van der Waals surface area contributed by atoms with E-state index in [2.05, 4.69) is 0 Å². The smallest absolute Gasteiger partial charge is 0.137 e. The highest BCUT2D eigenvalue weighted by molar-refractivity contribution is 5.96. The summed E-state index contributed by atoms with van der Waals surface area (Å²) in [6.07, 6.45) is 0.930. The highest BCUT2D eigenvalue weighted by Gasteiger charge is 2.33. The Labute approximate surface area is 73.3 Å². The van der Waals surface area contributed by atoms with Crippen LogP contribution in [0, 0.1) is 17.8 Å². The first-order valence-corrected chi connectivity index (χ1v) is 4.57. The van der Waals surface area contributed by atoms with Crippen molar-refractivity contribution in [2.45, 2.75) is 33.6 Å². The third kappa shape index (κ3) is 1.74. The number of carbonyl (C=O) groups excluding carboxylic acids is 2. The van der Waals surface area contributed by atoms with Gasteiger partial charge in [0.05, 0.1) is 0 Å². The Morgan fingerprint density at radius 3 is 2.25 bits per heavy atom. The number of rotatable bonds is 1. The second kappa shape index (κ2) is 3.38. The van der Waals surface area contributed by atoms with Crippen LogP contribution in [0.3, 0.4) is 0 Å². The lowest BCUT2D eigenvalue weighted by molar-refractivity contribution is -0.137. The van der Waals surface area contributed by atoms with Gasteiger partial charge in [-0.05, 0) is 5.92 Å². The standard InChI is InChI=1S/C10H16O2/c1-6(2)8-5-9(11)7(3)4-10(8)12/h6-8H,4-5H2,1-3H3. The van der Waals surface area contributed by atoms with Crippen LogP contribution in [0.4, 0.5) is 0 Å². The Bertz CT molecular complexity index is 206. The van der Waals surface area contributed by atoms with Gasteiger partial charge in [0.1, 0.15) is 11.6 Å². The molecule has 1 aliphatic carbocycles. The molecular formula is C10H16O2. The zero-order chi connectivity index (χ0) is 9.30. The summed E-state index contributed by atoms with van der Waals surface area (Å²) in [4.78, 5) is 22.7. The Balaban J connectivity index is 2.68. The van der Waals surface area contributed by atoms with Crippen molar-refractivity contribution in [3.8, 4) is 0 Å². The van der Waals surface area contributed by atoms with Crippen LogP contribution >= 0.6 is 0 Å². The van der Waals surface area contributed by atoms with E-state index in [9.17, 15) is 9.59 Å². The van der Waals surface area contributed by atoms with Crippen LogP contribution in [0.1, 0.15) is 33.6 Å². The Morgan fingerprint density at radius 1 is 1.17 bits per heavy atom. The lowest BCUT2D eigenvalue weighted by Gasteiger charge is -2.26. The van der Waals surface area contributed by atoms with E-state index in [4.69, 9.17) is 0 Å². The van der Waals surface area contributed by atoms with Crippen LogP contribution in [-0.2, 0) is 9.59 Å². The highest BCUT2D eigenvalue weighted by atomic mass is 16.1. The van der Waals surface area contributed by atoms with Crippen LogP contribution in [0.15, 0.2) is 0 Å². The van der Waals surface area contributed by atoms with Crippen LogP contribution in [0.25, 0.3) is 0 Å². The number of Topliss-reactive ketones (excluding diaryl/α,β-unsaturated/α-hetero) is 2. The fourth-order valence-electron chi connectivity index (χ4n) is 1.71. The monoisotopic (exact) mass is 168 g/mol. The summed E-state index contributed by atoms with van der Waals surface area (Å²) in [6.45, 7) is 5.86. The molecule has 2 unspecified atom stereocenters. The largest absolute Gasteiger partial charge is 0.299 e. The van der Waals surface area contributed by atoms with Crippen LogP contribution in [0.2, 0.25) is 0 Å². The molecule has 0 aromatic rings. The second-order valence-corrected chi connectivity index (χ2v) is 4.09. The fourth-order valence-corrected chi connectivity index (χ4v) is 1.71. The van der Waals surface area contributed by atoms with Crippen molar-refractivity contribution in [2.75, 3.05) is 0 Å². The van der Waals surface area contributed by atoms with E-state index < -0.39 is 0 Å². The molecule has 1 aliphatic rings. The molecule has 1 saturated carbocycles. The summed E-state index contributed by atoms with van der Waals surface area (Å²) in [7, 11) is 0. The molecule has 0 bridgehead atoms. The molecule has 0 aliphatic heterocycles. The molecule has 68 valence electrons. The molecular weight excluding hydrogens is 152 g/mol. The summed E-state index contributed by atoms with van der Waals surface area (Å²) in [5, 5.41) is 0. The quantitative estimate of drug-likeness (QED) is 0.598. The van der Waals surface area contributed by atoms with Crippen LogP contribution in [-0.4, -0.2) is 11.6 Å². The van der Waals surface area contributed by atoms with Crippen LogP contribution < -0.4 is 0 Å². The fraction of sp³-hybridized carbons (Fsp3) is 0.800. The van der Waals surface area contributed by atoms with Crippen molar-refractivity contribution in [1.82, 2.24) is 0 Å². The zero-order valence-electron chi connectivity index (χ0n) is 7.96. The number of hydrogen-bond acceptors (Lipinski definition) is 2. The molecule has 0 aromatic heterocycles. The third-order valence-corrected chi connectivity index (χ3v) is 2.70. The summed E-state index contributed by atoms with van der Waals surface area (Å²) < 4.78 is 0.